The fraction of sp³-hybridized carbons (Fsp3) is 0.538. The molecule has 2 atom stereocenters. The van der Waals surface area contributed by atoms with Gasteiger partial charge in [-0.15, -0.1) is 0 Å². The van der Waals surface area contributed by atoms with Crippen LogP contribution in [0.1, 0.15) is 17.4 Å². The molecule has 0 aliphatic carbocycles. The molecule has 6 nitrogen and oxygen atoms in total. The number of rotatable bonds is 5. The lowest BCUT2D eigenvalue weighted by molar-refractivity contribution is 0.0918. The van der Waals surface area contributed by atoms with Gasteiger partial charge in [0.15, 0.2) is 11.4 Å². The topological polar surface area (TPSA) is 83.5 Å². The maximum absolute atomic E-state index is 12.0. The lowest BCUT2D eigenvalue weighted by atomic mass is 10.1. The summed E-state index contributed by atoms with van der Waals surface area (Å²) in [5.41, 5.74) is 0.282. The van der Waals surface area contributed by atoms with Gasteiger partial charge in [-0.1, -0.05) is 0 Å². The van der Waals surface area contributed by atoms with Crippen LogP contribution in [-0.2, 0) is 0 Å². The Morgan fingerprint density at radius 3 is 3.16 bits per heavy atom. The number of pyridine rings is 1. The Bertz CT molecular complexity index is 439. The third kappa shape index (κ3) is 3.42. The van der Waals surface area contributed by atoms with Crippen LogP contribution in [0.2, 0.25) is 0 Å². The second-order valence-electron chi connectivity index (χ2n) is 4.48. The summed E-state index contributed by atoms with van der Waals surface area (Å²) in [5.74, 6) is 0.249. The standard InChI is InChI=1S/C13H19N3O3/c1-2-19-11-4-3-5-15-12(11)13(18)16-7-9-6-14-8-10(9)17/h3-5,9-10,14,17H,2,6-8H2,1H3,(H,16,18). The molecular weight excluding hydrogens is 246 g/mol. The minimum atomic E-state index is -0.407. The summed E-state index contributed by atoms with van der Waals surface area (Å²) in [4.78, 5) is 16.1. The van der Waals surface area contributed by atoms with Gasteiger partial charge in [-0.2, -0.15) is 0 Å². The molecule has 1 saturated heterocycles. The Balaban J connectivity index is 1.95. The molecule has 2 heterocycles. The van der Waals surface area contributed by atoms with E-state index in [2.05, 4.69) is 15.6 Å². The SMILES string of the molecule is CCOc1cccnc1C(=O)NCC1CNCC1O. The van der Waals surface area contributed by atoms with E-state index in [1.165, 1.54) is 0 Å². The van der Waals surface area contributed by atoms with Crippen molar-refractivity contribution >= 4 is 5.91 Å². The molecule has 0 spiro atoms. The fourth-order valence-corrected chi connectivity index (χ4v) is 2.07. The number of nitrogens with zero attached hydrogens (tertiary/aromatic N) is 1. The molecule has 104 valence electrons. The average Bonchev–Trinajstić information content (AvgIpc) is 2.82. The number of aromatic nitrogens is 1. The zero-order valence-electron chi connectivity index (χ0n) is 10.9. The maximum Gasteiger partial charge on any atom is 0.273 e. The summed E-state index contributed by atoms with van der Waals surface area (Å²) in [6.45, 7) is 4.05. The van der Waals surface area contributed by atoms with Gasteiger partial charge in [-0.3, -0.25) is 4.79 Å². The molecule has 0 bridgehead atoms. The van der Waals surface area contributed by atoms with Crippen LogP contribution in [0.15, 0.2) is 18.3 Å². The second kappa shape index (κ2) is 6.49. The van der Waals surface area contributed by atoms with Crippen molar-refractivity contribution < 1.29 is 14.6 Å². The largest absolute Gasteiger partial charge is 0.491 e. The van der Waals surface area contributed by atoms with Crippen molar-refractivity contribution in [1.82, 2.24) is 15.6 Å². The minimum absolute atomic E-state index is 0.0446. The van der Waals surface area contributed by atoms with Gasteiger partial charge in [-0.05, 0) is 19.1 Å². The summed E-state index contributed by atoms with van der Waals surface area (Å²) < 4.78 is 5.37. The molecule has 6 heteroatoms. The summed E-state index contributed by atoms with van der Waals surface area (Å²) in [5, 5.41) is 15.5. The normalized spacial score (nSPS) is 22.2. The van der Waals surface area contributed by atoms with Crippen molar-refractivity contribution in [2.24, 2.45) is 5.92 Å². The van der Waals surface area contributed by atoms with Crippen molar-refractivity contribution in [2.75, 3.05) is 26.2 Å². The highest BCUT2D eigenvalue weighted by Crippen LogP contribution is 2.15. The quantitative estimate of drug-likeness (QED) is 0.686. The molecule has 1 aliphatic rings. The molecular formula is C13H19N3O3. The average molecular weight is 265 g/mol. The highest BCUT2D eigenvalue weighted by atomic mass is 16.5. The van der Waals surface area contributed by atoms with E-state index < -0.39 is 6.10 Å². The number of β-amino-alcohol motifs (C(OH)–C–C–N with tert-alkyl or cyclic N) is 1. The van der Waals surface area contributed by atoms with Gasteiger partial charge in [0.2, 0.25) is 0 Å². The van der Waals surface area contributed by atoms with Crippen LogP contribution in [0.25, 0.3) is 0 Å². The Labute approximate surface area is 112 Å². The number of aliphatic hydroxyl groups is 1. The molecule has 0 saturated carbocycles. The second-order valence-corrected chi connectivity index (χ2v) is 4.48. The van der Waals surface area contributed by atoms with Crippen LogP contribution in [0, 0.1) is 5.92 Å². The number of aliphatic hydroxyl groups excluding tert-OH is 1. The molecule has 1 amide bonds. The first-order valence-electron chi connectivity index (χ1n) is 6.47. The summed E-state index contributed by atoms with van der Waals surface area (Å²) in [7, 11) is 0. The van der Waals surface area contributed by atoms with Gasteiger partial charge in [-0.25, -0.2) is 4.98 Å². The Morgan fingerprint density at radius 2 is 2.47 bits per heavy atom. The molecule has 0 aromatic carbocycles. The minimum Gasteiger partial charge on any atom is -0.491 e. The smallest absolute Gasteiger partial charge is 0.273 e. The Hall–Kier alpha value is -1.66. The number of carbonyl (C=O) groups excluding carboxylic acids is 1. The predicted molar refractivity (Wildman–Crippen MR) is 70.1 cm³/mol. The predicted octanol–water partition coefficient (Wildman–Crippen LogP) is -0.210. The van der Waals surface area contributed by atoms with E-state index in [9.17, 15) is 9.90 Å². The van der Waals surface area contributed by atoms with E-state index in [0.717, 1.165) is 0 Å². The van der Waals surface area contributed by atoms with Gasteiger partial charge in [0.1, 0.15) is 0 Å². The van der Waals surface area contributed by atoms with E-state index in [4.69, 9.17) is 4.74 Å². The molecule has 0 radical (unpaired) electrons. The van der Waals surface area contributed by atoms with Crippen LogP contribution < -0.4 is 15.4 Å². The van der Waals surface area contributed by atoms with E-state index >= 15 is 0 Å². The van der Waals surface area contributed by atoms with Gasteiger partial charge < -0.3 is 20.5 Å². The van der Waals surface area contributed by atoms with E-state index in [0.29, 0.717) is 32.0 Å². The van der Waals surface area contributed by atoms with Crippen LogP contribution in [0.5, 0.6) is 5.75 Å². The molecule has 3 N–H and O–H groups in total. The molecule has 1 aliphatic heterocycles. The van der Waals surface area contributed by atoms with E-state index in [1.807, 2.05) is 6.92 Å². The first-order valence-corrected chi connectivity index (χ1v) is 6.47. The number of hydrogen-bond donors (Lipinski definition) is 3. The van der Waals surface area contributed by atoms with Crippen molar-refractivity contribution in [1.29, 1.82) is 0 Å². The zero-order valence-corrected chi connectivity index (χ0v) is 10.9. The molecule has 19 heavy (non-hydrogen) atoms. The van der Waals surface area contributed by atoms with E-state index in [-0.39, 0.29) is 17.5 Å². The number of amides is 1. The lowest BCUT2D eigenvalue weighted by Gasteiger charge is -2.14. The molecule has 1 aromatic heterocycles. The van der Waals surface area contributed by atoms with Gasteiger partial charge in [0.25, 0.3) is 5.91 Å². The van der Waals surface area contributed by atoms with Gasteiger partial charge in [0.05, 0.1) is 12.7 Å². The Morgan fingerprint density at radius 1 is 1.63 bits per heavy atom. The van der Waals surface area contributed by atoms with Gasteiger partial charge >= 0.3 is 0 Å². The highest BCUT2D eigenvalue weighted by molar-refractivity contribution is 5.94. The van der Waals surface area contributed by atoms with Crippen LogP contribution in [-0.4, -0.2) is 48.3 Å². The Kier molecular flexibility index (Phi) is 4.70. The first kappa shape index (κ1) is 13.8. The first-order chi connectivity index (χ1) is 9.22. The van der Waals surface area contributed by atoms with E-state index in [1.54, 1.807) is 18.3 Å². The van der Waals surface area contributed by atoms with Crippen LogP contribution >= 0.6 is 0 Å². The number of nitrogens with one attached hydrogen (secondary N) is 2. The zero-order chi connectivity index (χ0) is 13.7. The number of carbonyl (C=O) groups is 1. The monoisotopic (exact) mass is 265 g/mol. The van der Waals surface area contributed by atoms with Crippen molar-refractivity contribution in [3.05, 3.63) is 24.0 Å². The molecule has 1 fully saturated rings. The van der Waals surface area contributed by atoms with Crippen LogP contribution in [0.4, 0.5) is 0 Å². The molecule has 1 aromatic rings. The fourth-order valence-electron chi connectivity index (χ4n) is 2.07. The van der Waals surface area contributed by atoms with Crippen molar-refractivity contribution in [3.63, 3.8) is 0 Å². The van der Waals surface area contributed by atoms with Gasteiger partial charge in [0, 0.05) is 31.7 Å². The lowest BCUT2D eigenvalue weighted by Crippen LogP contribution is -2.34. The summed E-state index contributed by atoms with van der Waals surface area (Å²) in [6.07, 6.45) is 1.15. The van der Waals surface area contributed by atoms with Crippen molar-refractivity contribution in [3.8, 4) is 5.75 Å². The molecule has 2 rings (SSSR count). The third-order valence-corrected chi connectivity index (χ3v) is 3.11. The number of ether oxygens (including phenoxy) is 1. The number of hydrogen-bond acceptors (Lipinski definition) is 5. The van der Waals surface area contributed by atoms with Crippen molar-refractivity contribution in [2.45, 2.75) is 13.0 Å². The maximum atomic E-state index is 12.0. The summed E-state index contributed by atoms with van der Waals surface area (Å²) >= 11 is 0. The van der Waals surface area contributed by atoms with Crippen LogP contribution in [0.3, 0.4) is 0 Å². The highest BCUT2D eigenvalue weighted by Gasteiger charge is 2.25. The molecule has 2 unspecified atom stereocenters. The third-order valence-electron chi connectivity index (χ3n) is 3.11. The summed E-state index contributed by atoms with van der Waals surface area (Å²) in [6, 6.07) is 3.45.